The first-order valence-corrected chi connectivity index (χ1v) is 10.6. The van der Waals surface area contributed by atoms with Crippen LogP contribution in [0.1, 0.15) is 31.2 Å². The van der Waals surface area contributed by atoms with Crippen LogP contribution in [0, 0.1) is 0 Å². The van der Waals surface area contributed by atoms with Gasteiger partial charge in [-0.15, -0.1) is 0 Å². The Balaban J connectivity index is 1.27. The van der Waals surface area contributed by atoms with Crippen molar-refractivity contribution >= 4 is 23.4 Å². The minimum absolute atomic E-state index is 0.0808. The Labute approximate surface area is 180 Å². The lowest BCUT2D eigenvalue weighted by Gasteiger charge is -2.44. The number of piperidine rings is 1. The van der Waals surface area contributed by atoms with Gasteiger partial charge in [0.25, 0.3) is 5.91 Å². The molecule has 2 aromatic rings. The minimum atomic E-state index is -0.611. The average Bonchev–Trinajstić information content (AvgIpc) is 3.24. The van der Waals surface area contributed by atoms with Gasteiger partial charge in [0, 0.05) is 36.8 Å². The number of nitrogens with one attached hydrogen (secondary N) is 3. The van der Waals surface area contributed by atoms with Crippen molar-refractivity contribution in [2.45, 2.75) is 37.8 Å². The van der Waals surface area contributed by atoms with Gasteiger partial charge in [0.2, 0.25) is 5.91 Å². The fourth-order valence-corrected chi connectivity index (χ4v) is 4.38. The van der Waals surface area contributed by atoms with Crippen LogP contribution in [0.15, 0.2) is 30.6 Å². The van der Waals surface area contributed by atoms with Gasteiger partial charge in [0.15, 0.2) is 6.61 Å². The number of imidazole rings is 1. The summed E-state index contributed by atoms with van der Waals surface area (Å²) in [5.41, 5.74) is 2.11. The molecule has 1 aromatic heterocycles. The number of benzene rings is 1. The number of fused-ring (bicyclic) bond motifs is 2. The Hall–Kier alpha value is -2.58. The zero-order chi connectivity index (χ0) is 21.1. The number of hydrogen-bond acceptors (Lipinski definition) is 5. The molecular formula is C21H26ClN5O3. The van der Waals surface area contributed by atoms with E-state index < -0.39 is 6.04 Å². The van der Waals surface area contributed by atoms with Crippen molar-refractivity contribution in [2.75, 3.05) is 26.2 Å². The van der Waals surface area contributed by atoms with Crippen LogP contribution in [-0.4, -0.2) is 59.0 Å². The maximum Gasteiger partial charge on any atom is 0.258 e. The lowest BCUT2D eigenvalue weighted by Crippen LogP contribution is -2.57. The Morgan fingerprint density at radius 3 is 2.77 bits per heavy atom. The van der Waals surface area contributed by atoms with Gasteiger partial charge in [-0.3, -0.25) is 9.59 Å². The highest BCUT2D eigenvalue weighted by molar-refractivity contribution is 6.30. The smallest absolute Gasteiger partial charge is 0.258 e. The first kappa shape index (κ1) is 20.7. The monoisotopic (exact) mass is 431 g/mol. The predicted octanol–water partition coefficient (Wildman–Crippen LogP) is 1.61. The molecule has 8 nitrogen and oxygen atoms in total. The van der Waals surface area contributed by atoms with Crippen molar-refractivity contribution in [1.82, 2.24) is 25.5 Å². The van der Waals surface area contributed by atoms with Crippen molar-refractivity contribution in [3.8, 4) is 5.75 Å². The Kier molecular flexibility index (Phi) is 5.97. The third kappa shape index (κ3) is 4.29. The first-order chi connectivity index (χ1) is 14.5. The van der Waals surface area contributed by atoms with E-state index in [2.05, 4.69) is 20.6 Å². The summed E-state index contributed by atoms with van der Waals surface area (Å²) in [4.78, 5) is 34.6. The zero-order valence-electron chi connectivity index (χ0n) is 16.9. The number of carbonyl (C=O) groups excluding carboxylic acids is 2. The Morgan fingerprint density at radius 2 is 2.03 bits per heavy atom. The molecule has 4 rings (SSSR count). The summed E-state index contributed by atoms with van der Waals surface area (Å²) >= 11 is 5.83. The lowest BCUT2D eigenvalue weighted by molar-refractivity contribution is -0.138. The van der Waals surface area contributed by atoms with Crippen molar-refractivity contribution in [2.24, 2.45) is 0 Å². The number of halogens is 1. The highest BCUT2D eigenvalue weighted by Gasteiger charge is 2.42. The SMILES string of the molecule is C[C@@H](NC(=O)COc1ccc(Cl)cc1)C(=O)N1CCC2(CC1)NCCc1[nH]cnc12. The van der Waals surface area contributed by atoms with Gasteiger partial charge < -0.3 is 25.3 Å². The molecule has 0 aliphatic carbocycles. The van der Waals surface area contributed by atoms with Crippen molar-refractivity contribution in [3.05, 3.63) is 47.0 Å². The number of amides is 2. The molecule has 1 aromatic carbocycles. The average molecular weight is 432 g/mol. The fraction of sp³-hybridized carbons (Fsp3) is 0.476. The maximum atomic E-state index is 12.8. The van der Waals surface area contributed by atoms with Gasteiger partial charge in [-0.2, -0.15) is 0 Å². The van der Waals surface area contributed by atoms with Gasteiger partial charge in [0.05, 0.1) is 17.6 Å². The van der Waals surface area contributed by atoms with Crippen LogP contribution in [0.25, 0.3) is 0 Å². The summed E-state index contributed by atoms with van der Waals surface area (Å²) in [5.74, 6) is 0.129. The number of H-pyrrole nitrogens is 1. The van der Waals surface area contributed by atoms with Gasteiger partial charge in [0.1, 0.15) is 11.8 Å². The fourth-order valence-electron chi connectivity index (χ4n) is 4.26. The molecular weight excluding hydrogens is 406 g/mol. The largest absolute Gasteiger partial charge is 0.484 e. The molecule has 3 N–H and O–H groups in total. The van der Waals surface area contributed by atoms with E-state index in [-0.39, 0.29) is 24.0 Å². The molecule has 2 aliphatic rings. The molecule has 1 saturated heterocycles. The number of carbonyl (C=O) groups is 2. The molecule has 0 radical (unpaired) electrons. The quantitative estimate of drug-likeness (QED) is 0.668. The van der Waals surface area contributed by atoms with E-state index >= 15 is 0 Å². The van der Waals surface area contributed by atoms with Crippen LogP contribution in [0.2, 0.25) is 5.02 Å². The van der Waals surface area contributed by atoms with Gasteiger partial charge in [-0.25, -0.2) is 4.98 Å². The minimum Gasteiger partial charge on any atom is -0.484 e. The summed E-state index contributed by atoms with van der Waals surface area (Å²) in [7, 11) is 0. The van der Waals surface area contributed by atoms with Crippen molar-refractivity contribution in [1.29, 1.82) is 0 Å². The van der Waals surface area contributed by atoms with Crippen LogP contribution < -0.4 is 15.4 Å². The number of aromatic nitrogens is 2. The summed E-state index contributed by atoms with van der Waals surface area (Å²) in [6.45, 7) is 3.70. The van der Waals surface area contributed by atoms with E-state index in [9.17, 15) is 9.59 Å². The first-order valence-electron chi connectivity index (χ1n) is 10.2. The Morgan fingerprint density at radius 1 is 1.30 bits per heavy atom. The van der Waals surface area contributed by atoms with E-state index in [1.54, 1.807) is 37.5 Å². The number of rotatable bonds is 5. The highest BCUT2D eigenvalue weighted by Crippen LogP contribution is 2.35. The summed E-state index contributed by atoms with van der Waals surface area (Å²) in [5, 5.41) is 6.94. The van der Waals surface area contributed by atoms with Crippen LogP contribution in [0.3, 0.4) is 0 Å². The van der Waals surface area contributed by atoms with E-state index in [1.807, 2.05) is 4.90 Å². The van der Waals surface area contributed by atoms with Crippen LogP contribution >= 0.6 is 11.6 Å². The molecule has 1 spiro atoms. The molecule has 0 bridgehead atoms. The molecule has 160 valence electrons. The second-order valence-electron chi connectivity index (χ2n) is 7.85. The van der Waals surface area contributed by atoms with Crippen molar-refractivity contribution < 1.29 is 14.3 Å². The van der Waals surface area contributed by atoms with Crippen LogP contribution in [-0.2, 0) is 21.5 Å². The predicted molar refractivity (Wildman–Crippen MR) is 112 cm³/mol. The lowest BCUT2D eigenvalue weighted by atomic mass is 9.80. The van der Waals surface area contributed by atoms with E-state index in [0.717, 1.165) is 31.5 Å². The van der Waals surface area contributed by atoms with E-state index in [4.69, 9.17) is 16.3 Å². The molecule has 9 heteroatoms. The van der Waals surface area contributed by atoms with Crippen LogP contribution in [0.5, 0.6) is 5.75 Å². The summed E-state index contributed by atoms with van der Waals surface area (Å²) in [6.07, 6.45) is 4.30. The Bertz CT molecular complexity index is 906. The molecule has 2 aliphatic heterocycles. The summed E-state index contributed by atoms with van der Waals surface area (Å²) < 4.78 is 5.44. The topological polar surface area (TPSA) is 99.4 Å². The molecule has 1 atom stereocenters. The summed E-state index contributed by atoms with van der Waals surface area (Å²) in [6, 6.07) is 6.16. The van der Waals surface area contributed by atoms with Gasteiger partial charge in [-0.1, -0.05) is 11.6 Å². The normalized spacial score (nSPS) is 18.5. The number of ether oxygens (including phenoxy) is 1. The van der Waals surface area contributed by atoms with E-state index in [0.29, 0.717) is 23.9 Å². The van der Waals surface area contributed by atoms with Gasteiger partial charge in [-0.05, 0) is 44.0 Å². The number of nitrogens with zero attached hydrogens (tertiary/aromatic N) is 2. The molecule has 0 saturated carbocycles. The molecule has 1 fully saturated rings. The van der Waals surface area contributed by atoms with Crippen molar-refractivity contribution in [3.63, 3.8) is 0 Å². The standard InChI is InChI=1S/C21H26ClN5O3/c1-14(26-18(28)12-30-16-4-2-15(22)3-5-16)20(29)27-10-7-21(8-11-27)19-17(6-9-25-21)23-13-24-19/h2-5,13-14,25H,6-12H2,1H3,(H,23,24)(H,26,28)/t14-/m1/s1. The van der Waals surface area contributed by atoms with Crippen LogP contribution in [0.4, 0.5) is 0 Å². The number of hydrogen-bond donors (Lipinski definition) is 3. The second kappa shape index (κ2) is 8.65. The molecule has 0 unspecified atom stereocenters. The molecule has 2 amide bonds. The number of likely N-dealkylation sites (tertiary alicyclic amines) is 1. The van der Waals surface area contributed by atoms with E-state index in [1.165, 1.54) is 5.69 Å². The zero-order valence-corrected chi connectivity index (χ0v) is 17.7. The second-order valence-corrected chi connectivity index (χ2v) is 8.28. The maximum absolute atomic E-state index is 12.8. The molecule has 3 heterocycles. The molecule has 30 heavy (non-hydrogen) atoms. The third-order valence-electron chi connectivity index (χ3n) is 5.87. The van der Waals surface area contributed by atoms with Gasteiger partial charge >= 0.3 is 0 Å². The highest BCUT2D eigenvalue weighted by atomic mass is 35.5. The third-order valence-corrected chi connectivity index (χ3v) is 6.12. The number of aromatic amines is 1.